The molecule has 0 aliphatic heterocycles. The smallest absolute Gasteiger partial charge is 0.327 e. The zero-order chi connectivity index (χ0) is 18.8. The minimum Gasteiger partial charge on any atom is -0.480 e. The average molecular weight is 352 g/mol. The molecule has 9 nitrogen and oxygen atoms in total. The molecule has 1 heterocycles. The van der Waals surface area contributed by atoms with E-state index in [4.69, 9.17) is 9.47 Å². The van der Waals surface area contributed by atoms with Crippen molar-refractivity contribution in [3.8, 4) is 0 Å². The molecule has 0 aromatic carbocycles. The van der Waals surface area contributed by atoms with Gasteiger partial charge in [0.05, 0.1) is 25.6 Å². The van der Waals surface area contributed by atoms with Crippen molar-refractivity contribution in [2.75, 3.05) is 13.2 Å². The van der Waals surface area contributed by atoms with Gasteiger partial charge in [0.25, 0.3) is 5.91 Å². The fourth-order valence-electron chi connectivity index (χ4n) is 2.05. The van der Waals surface area contributed by atoms with Gasteiger partial charge in [-0.3, -0.25) is 19.4 Å². The lowest BCUT2D eigenvalue weighted by molar-refractivity contribution is -0.159. The first kappa shape index (κ1) is 20.1. The van der Waals surface area contributed by atoms with Crippen molar-refractivity contribution in [2.24, 2.45) is 5.92 Å². The number of hydrogen-bond donors (Lipinski definition) is 2. The van der Waals surface area contributed by atoms with E-state index >= 15 is 0 Å². The molecule has 2 atom stereocenters. The van der Waals surface area contributed by atoms with Crippen LogP contribution in [0.4, 0.5) is 0 Å². The minimum atomic E-state index is -1.65. The van der Waals surface area contributed by atoms with Crippen LogP contribution in [0.2, 0.25) is 0 Å². The third kappa shape index (κ3) is 6.21. The molecule has 0 unspecified atom stereocenters. The fourth-order valence-corrected chi connectivity index (χ4v) is 2.05. The number of nitrogens with zero attached hydrogens (tertiary/aromatic N) is 1. The van der Waals surface area contributed by atoms with E-state index in [0.29, 0.717) is 0 Å². The van der Waals surface area contributed by atoms with Crippen molar-refractivity contribution in [3.63, 3.8) is 0 Å². The van der Waals surface area contributed by atoms with Crippen LogP contribution in [0.3, 0.4) is 0 Å². The van der Waals surface area contributed by atoms with Gasteiger partial charge in [0.1, 0.15) is 6.04 Å². The standard InChI is InChI=1S/C16H20N2O7/c1-3-24-12(19)9-11(16(23)25-4-2)13(15(21)22)18-14(20)10-5-7-17-8-6-10/h5-8,11,13H,3-4,9H2,1-2H3,(H,18,20)(H,21,22)/t11-,13+/m0/s1. The lowest BCUT2D eigenvalue weighted by Crippen LogP contribution is -2.49. The van der Waals surface area contributed by atoms with Crippen molar-refractivity contribution < 1.29 is 33.8 Å². The minimum absolute atomic E-state index is 0.00278. The van der Waals surface area contributed by atoms with Crippen LogP contribution in [0.15, 0.2) is 24.5 Å². The number of rotatable bonds is 9. The van der Waals surface area contributed by atoms with E-state index in [-0.39, 0.29) is 18.8 Å². The van der Waals surface area contributed by atoms with Crippen LogP contribution in [0.25, 0.3) is 0 Å². The number of pyridine rings is 1. The summed E-state index contributed by atoms with van der Waals surface area (Å²) >= 11 is 0. The van der Waals surface area contributed by atoms with Crippen LogP contribution < -0.4 is 5.32 Å². The van der Waals surface area contributed by atoms with E-state index in [0.717, 1.165) is 0 Å². The van der Waals surface area contributed by atoms with E-state index in [9.17, 15) is 24.3 Å². The molecular formula is C16H20N2O7. The highest BCUT2D eigenvalue weighted by Gasteiger charge is 2.38. The molecule has 0 saturated heterocycles. The van der Waals surface area contributed by atoms with Crippen molar-refractivity contribution in [2.45, 2.75) is 26.3 Å². The molecule has 2 N–H and O–H groups in total. The Hall–Kier alpha value is -2.97. The van der Waals surface area contributed by atoms with Gasteiger partial charge >= 0.3 is 17.9 Å². The van der Waals surface area contributed by atoms with Gasteiger partial charge in [0.15, 0.2) is 0 Å². The van der Waals surface area contributed by atoms with E-state index < -0.39 is 42.2 Å². The number of aromatic nitrogens is 1. The number of nitrogens with one attached hydrogen (secondary N) is 1. The van der Waals surface area contributed by atoms with Crippen LogP contribution in [0.5, 0.6) is 0 Å². The molecule has 136 valence electrons. The largest absolute Gasteiger partial charge is 0.480 e. The maximum absolute atomic E-state index is 12.2. The van der Waals surface area contributed by atoms with Crippen molar-refractivity contribution in [1.29, 1.82) is 0 Å². The molecular weight excluding hydrogens is 332 g/mol. The second kappa shape index (κ2) is 10.0. The second-order valence-corrected chi connectivity index (χ2v) is 4.89. The Morgan fingerprint density at radius 1 is 1.12 bits per heavy atom. The Morgan fingerprint density at radius 3 is 2.24 bits per heavy atom. The molecule has 0 aliphatic rings. The van der Waals surface area contributed by atoms with E-state index in [2.05, 4.69) is 10.3 Å². The summed E-state index contributed by atoms with van der Waals surface area (Å²) in [5.74, 6) is -5.26. The molecule has 1 aromatic heterocycles. The van der Waals surface area contributed by atoms with E-state index in [1.165, 1.54) is 24.5 Å². The number of carboxylic acid groups (broad SMARTS) is 1. The van der Waals surface area contributed by atoms with Crippen LogP contribution in [-0.2, 0) is 23.9 Å². The summed E-state index contributed by atoms with van der Waals surface area (Å²) in [5.41, 5.74) is 0.167. The normalized spacial score (nSPS) is 12.6. The molecule has 25 heavy (non-hydrogen) atoms. The first-order chi connectivity index (χ1) is 11.9. The monoisotopic (exact) mass is 352 g/mol. The summed E-state index contributed by atoms with van der Waals surface area (Å²) in [6.45, 7) is 3.21. The molecule has 1 aromatic rings. The third-order valence-electron chi connectivity index (χ3n) is 3.18. The lowest BCUT2D eigenvalue weighted by Gasteiger charge is -2.22. The number of aliphatic carboxylic acids is 1. The zero-order valence-electron chi connectivity index (χ0n) is 13.9. The van der Waals surface area contributed by atoms with Gasteiger partial charge in [-0.15, -0.1) is 0 Å². The summed E-state index contributed by atoms with van der Waals surface area (Å²) < 4.78 is 9.59. The number of carboxylic acids is 1. The summed E-state index contributed by atoms with van der Waals surface area (Å²) in [7, 11) is 0. The molecule has 0 spiro atoms. The van der Waals surface area contributed by atoms with Gasteiger partial charge in [-0.2, -0.15) is 0 Å². The third-order valence-corrected chi connectivity index (χ3v) is 3.18. The number of amides is 1. The quantitative estimate of drug-likeness (QED) is 0.610. The molecule has 1 amide bonds. The van der Waals surface area contributed by atoms with Crippen LogP contribution in [-0.4, -0.2) is 53.2 Å². The van der Waals surface area contributed by atoms with Crippen LogP contribution in [0.1, 0.15) is 30.6 Å². The van der Waals surface area contributed by atoms with Crippen molar-refractivity contribution in [1.82, 2.24) is 10.3 Å². The Morgan fingerprint density at radius 2 is 1.72 bits per heavy atom. The number of hydrogen-bond acceptors (Lipinski definition) is 7. The molecule has 0 fully saturated rings. The second-order valence-electron chi connectivity index (χ2n) is 4.89. The van der Waals surface area contributed by atoms with Gasteiger partial charge in [-0.25, -0.2) is 4.79 Å². The number of carbonyl (C=O) groups excluding carboxylic acids is 3. The SMILES string of the molecule is CCOC(=O)C[C@H](C(=O)OCC)[C@@H](NC(=O)c1ccncc1)C(=O)O. The summed E-state index contributed by atoms with van der Waals surface area (Å²) in [4.78, 5) is 51.3. The summed E-state index contributed by atoms with van der Waals surface area (Å²) in [5, 5.41) is 11.7. The first-order valence-electron chi connectivity index (χ1n) is 7.66. The average Bonchev–Trinajstić information content (AvgIpc) is 2.58. The molecule has 0 radical (unpaired) electrons. The fraction of sp³-hybridized carbons (Fsp3) is 0.438. The maximum Gasteiger partial charge on any atom is 0.327 e. The number of ether oxygens (including phenoxy) is 2. The van der Waals surface area contributed by atoms with Crippen molar-refractivity contribution in [3.05, 3.63) is 30.1 Å². The van der Waals surface area contributed by atoms with Crippen molar-refractivity contribution >= 4 is 23.8 Å². The summed E-state index contributed by atoms with van der Waals surface area (Å²) in [6, 6.07) is 1.13. The predicted octanol–water partition coefficient (Wildman–Crippen LogP) is 0.397. The van der Waals surface area contributed by atoms with Gasteiger partial charge in [-0.05, 0) is 26.0 Å². The van der Waals surface area contributed by atoms with Crippen LogP contribution >= 0.6 is 0 Å². The molecule has 1 rings (SSSR count). The zero-order valence-corrected chi connectivity index (χ0v) is 13.9. The Balaban J connectivity index is 3.01. The van der Waals surface area contributed by atoms with Gasteiger partial charge in [-0.1, -0.05) is 0 Å². The number of carbonyl (C=O) groups is 4. The Bertz CT molecular complexity index is 618. The Kier molecular flexibility index (Phi) is 8.04. The highest BCUT2D eigenvalue weighted by atomic mass is 16.5. The predicted molar refractivity (Wildman–Crippen MR) is 84.5 cm³/mol. The summed E-state index contributed by atoms with van der Waals surface area (Å²) in [6.07, 6.45) is 2.21. The van der Waals surface area contributed by atoms with Gasteiger partial charge < -0.3 is 19.9 Å². The molecule has 0 saturated carbocycles. The van der Waals surface area contributed by atoms with E-state index in [1.54, 1.807) is 13.8 Å². The molecule has 9 heteroatoms. The molecule has 0 aliphatic carbocycles. The van der Waals surface area contributed by atoms with Crippen LogP contribution in [0, 0.1) is 5.92 Å². The topological polar surface area (TPSA) is 132 Å². The maximum atomic E-state index is 12.2. The highest BCUT2D eigenvalue weighted by Crippen LogP contribution is 2.15. The molecule has 0 bridgehead atoms. The van der Waals surface area contributed by atoms with Gasteiger partial charge in [0, 0.05) is 18.0 Å². The van der Waals surface area contributed by atoms with Gasteiger partial charge in [0.2, 0.25) is 0 Å². The number of esters is 2. The first-order valence-corrected chi connectivity index (χ1v) is 7.66. The Labute approximate surface area is 144 Å². The van der Waals surface area contributed by atoms with E-state index in [1.807, 2.05) is 0 Å². The lowest BCUT2D eigenvalue weighted by atomic mass is 9.95. The highest BCUT2D eigenvalue weighted by molar-refractivity contribution is 5.98.